The second-order valence-corrected chi connectivity index (χ2v) is 11.2. The molecular formula is C26H18ClF4N3O6S. The number of carboxylic acid groups (broad SMARTS) is 1. The average Bonchev–Trinajstić information content (AvgIpc) is 3.40. The van der Waals surface area contributed by atoms with E-state index < -0.39 is 44.5 Å². The third kappa shape index (κ3) is 5.70. The Kier molecular flexibility index (Phi) is 7.38. The number of alkyl halides is 3. The number of carboxylic acids is 1. The molecule has 0 saturated heterocycles. The zero-order valence-corrected chi connectivity index (χ0v) is 22.2. The van der Waals surface area contributed by atoms with Gasteiger partial charge in [-0.1, -0.05) is 23.7 Å². The molecule has 15 heteroatoms. The van der Waals surface area contributed by atoms with Gasteiger partial charge in [0.05, 0.1) is 33.3 Å². The van der Waals surface area contributed by atoms with Gasteiger partial charge in [-0.3, -0.25) is 9.10 Å². The maximum Gasteiger partial charge on any atom is 0.416 e. The van der Waals surface area contributed by atoms with Crippen molar-refractivity contribution >= 4 is 33.3 Å². The van der Waals surface area contributed by atoms with Crippen LogP contribution < -0.4 is 9.04 Å². The molecule has 41 heavy (non-hydrogen) atoms. The van der Waals surface area contributed by atoms with Gasteiger partial charge >= 0.3 is 12.1 Å². The van der Waals surface area contributed by atoms with Crippen LogP contribution in [0.5, 0.6) is 5.75 Å². The zero-order valence-electron chi connectivity index (χ0n) is 20.6. The van der Waals surface area contributed by atoms with Crippen LogP contribution in [0.25, 0.3) is 22.9 Å². The normalized spacial score (nSPS) is 15.3. The molecule has 0 spiro atoms. The van der Waals surface area contributed by atoms with Crippen LogP contribution in [0.1, 0.15) is 18.4 Å². The van der Waals surface area contributed by atoms with E-state index in [-0.39, 0.29) is 58.8 Å². The van der Waals surface area contributed by atoms with E-state index in [0.717, 1.165) is 28.6 Å². The fourth-order valence-corrected chi connectivity index (χ4v) is 6.00. The number of benzene rings is 3. The van der Waals surface area contributed by atoms with Crippen molar-refractivity contribution < 1.29 is 45.0 Å². The van der Waals surface area contributed by atoms with Crippen LogP contribution in [0.3, 0.4) is 0 Å². The van der Waals surface area contributed by atoms with Gasteiger partial charge in [0, 0.05) is 12.0 Å². The molecule has 0 amide bonds. The van der Waals surface area contributed by atoms with Crippen LogP contribution in [-0.2, 0) is 21.0 Å². The van der Waals surface area contributed by atoms with Gasteiger partial charge < -0.3 is 14.3 Å². The first kappa shape index (κ1) is 28.4. The van der Waals surface area contributed by atoms with E-state index in [1.807, 2.05) is 0 Å². The van der Waals surface area contributed by atoms with Gasteiger partial charge in [-0.25, -0.2) is 12.8 Å². The van der Waals surface area contributed by atoms with Crippen molar-refractivity contribution in [2.24, 2.45) is 0 Å². The minimum absolute atomic E-state index is 0.0183. The van der Waals surface area contributed by atoms with Crippen molar-refractivity contribution in [3.8, 4) is 28.7 Å². The Balaban J connectivity index is 1.57. The van der Waals surface area contributed by atoms with E-state index in [1.165, 1.54) is 30.3 Å². The highest BCUT2D eigenvalue weighted by molar-refractivity contribution is 7.92. The molecule has 1 aliphatic rings. The number of fused-ring (bicyclic) bond motifs is 1. The fourth-order valence-electron chi connectivity index (χ4n) is 4.21. The lowest BCUT2D eigenvalue weighted by Crippen LogP contribution is -2.43. The van der Waals surface area contributed by atoms with Gasteiger partial charge in [-0.2, -0.15) is 13.2 Å². The minimum Gasteiger partial charge on any atom is -0.486 e. The highest BCUT2D eigenvalue weighted by Gasteiger charge is 2.37. The smallest absolute Gasteiger partial charge is 0.416 e. The number of hydrogen-bond donors (Lipinski definition) is 1. The molecule has 1 aliphatic heterocycles. The Hall–Kier alpha value is -4.17. The Morgan fingerprint density at radius 1 is 1.07 bits per heavy atom. The summed E-state index contributed by atoms with van der Waals surface area (Å²) in [5.74, 6) is -2.19. The van der Waals surface area contributed by atoms with E-state index in [0.29, 0.717) is 6.07 Å². The number of nitrogens with zero attached hydrogens (tertiary/aromatic N) is 3. The summed E-state index contributed by atoms with van der Waals surface area (Å²) >= 11 is 6.07. The molecule has 4 aromatic rings. The van der Waals surface area contributed by atoms with Crippen molar-refractivity contribution in [3.63, 3.8) is 0 Å². The van der Waals surface area contributed by atoms with Gasteiger partial charge in [-0.05, 0) is 55.0 Å². The lowest BCUT2D eigenvalue weighted by atomic mass is 10.1. The van der Waals surface area contributed by atoms with E-state index in [9.17, 15) is 30.8 Å². The Bertz CT molecular complexity index is 1720. The molecule has 214 valence electrons. The van der Waals surface area contributed by atoms with Gasteiger partial charge in [0.15, 0.2) is 0 Å². The summed E-state index contributed by atoms with van der Waals surface area (Å²) in [4.78, 5) is 10.5. The molecule has 1 N–H and O–H groups in total. The van der Waals surface area contributed by atoms with Crippen LogP contribution in [0, 0.1) is 5.82 Å². The topological polar surface area (TPSA) is 123 Å². The predicted molar refractivity (Wildman–Crippen MR) is 137 cm³/mol. The summed E-state index contributed by atoms with van der Waals surface area (Å²) in [5.41, 5.74) is -1.17. The quantitative estimate of drug-likeness (QED) is 0.251. The van der Waals surface area contributed by atoms with Gasteiger partial charge in [0.1, 0.15) is 17.7 Å². The lowest BCUT2D eigenvalue weighted by Gasteiger charge is -2.35. The number of anilines is 1. The van der Waals surface area contributed by atoms with Gasteiger partial charge in [0.25, 0.3) is 15.9 Å². The molecule has 9 nitrogen and oxygen atoms in total. The summed E-state index contributed by atoms with van der Waals surface area (Å²) in [6, 6.07) is 11.4. The SMILES string of the molecule is O=C(O)CCC1CN(S(=O)(=O)c2cccc(C(F)(F)F)c2)c2cc(-c3nnc(-c4c(F)cccc4Cl)o3)ccc2O1. The van der Waals surface area contributed by atoms with E-state index >= 15 is 0 Å². The number of carbonyl (C=O) groups is 1. The Labute approximate surface area is 235 Å². The maximum atomic E-state index is 14.4. The molecule has 2 heterocycles. The lowest BCUT2D eigenvalue weighted by molar-refractivity contribution is -0.138. The van der Waals surface area contributed by atoms with Gasteiger partial charge in [-0.15, -0.1) is 10.2 Å². The number of hydrogen-bond acceptors (Lipinski definition) is 7. The third-order valence-corrected chi connectivity index (χ3v) is 8.26. The van der Waals surface area contributed by atoms with Crippen molar-refractivity contribution in [1.82, 2.24) is 10.2 Å². The zero-order chi connectivity index (χ0) is 29.5. The minimum atomic E-state index is -4.79. The largest absolute Gasteiger partial charge is 0.486 e. The van der Waals surface area contributed by atoms with Crippen molar-refractivity contribution in [3.05, 3.63) is 77.1 Å². The molecule has 5 rings (SSSR count). The van der Waals surface area contributed by atoms with E-state index in [4.69, 9.17) is 25.9 Å². The highest BCUT2D eigenvalue weighted by Crippen LogP contribution is 2.41. The summed E-state index contributed by atoms with van der Waals surface area (Å²) in [5, 5.41) is 16.8. The van der Waals surface area contributed by atoms with Crippen LogP contribution in [-0.4, -0.2) is 42.3 Å². The number of aliphatic carboxylic acids is 1. The highest BCUT2D eigenvalue weighted by atomic mass is 35.5. The van der Waals surface area contributed by atoms with Crippen LogP contribution in [0.4, 0.5) is 23.2 Å². The molecular weight excluding hydrogens is 594 g/mol. The molecule has 0 saturated carbocycles. The first-order valence-electron chi connectivity index (χ1n) is 11.9. The molecule has 0 fully saturated rings. The molecule has 1 aromatic heterocycles. The van der Waals surface area contributed by atoms with Crippen LogP contribution in [0.2, 0.25) is 5.02 Å². The van der Waals surface area contributed by atoms with E-state index in [1.54, 1.807) is 0 Å². The molecule has 0 aliphatic carbocycles. The summed E-state index contributed by atoms with van der Waals surface area (Å²) in [7, 11) is -4.61. The average molecular weight is 612 g/mol. The maximum absolute atomic E-state index is 14.4. The number of aromatic nitrogens is 2. The number of halogens is 5. The fraction of sp³-hybridized carbons (Fsp3) is 0.192. The van der Waals surface area contributed by atoms with Gasteiger partial charge in [0.2, 0.25) is 5.89 Å². The third-order valence-electron chi connectivity index (χ3n) is 6.17. The first-order valence-corrected chi connectivity index (χ1v) is 13.7. The van der Waals surface area contributed by atoms with E-state index in [2.05, 4.69) is 10.2 Å². The van der Waals surface area contributed by atoms with Crippen molar-refractivity contribution in [2.75, 3.05) is 10.8 Å². The van der Waals surface area contributed by atoms with Crippen molar-refractivity contribution in [1.29, 1.82) is 0 Å². The Morgan fingerprint density at radius 3 is 2.51 bits per heavy atom. The predicted octanol–water partition coefficient (Wildman–Crippen LogP) is 6.04. The van der Waals surface area contributed by atoms with Crippen molar-refractivity contribution in [2.45, 2.75) is 30.0 Å². The molecule has 1 unspecified atom stereocenters. The monoisotopic (exact) mass is 611 g/mol. The van der Waals surface area contributed by atoms with Crippen LogP contribution >= 0.6 is 11.6 Å². The summed E-state index contributed by atoms with van der Waals surface area (Å²) in [6.07, 6.45) is -6.11. The Morgan fingerprint density at radius 2 is 1.80 bits per heavy atom. The second-order valence-electron chi connectivity index (χ2n) is 8.93. The number of ether oxygens (including phenoxy) is 1. The number of sulfonamides is 1. The standard InChI is InChI=1S/C26H18ClF4N3O6S/c27-18-5-2-6-19(28)23(18)25-33-32-24(40-25)14-7-9-21-20(11-14)34(13-16(39-21)8-10-22(35)36)41(37,38)17-4-1-3-15(12-17)26(29,30)31/h1-7,9,11-12,16H,8,10,13H2,(H,35,36). The summed E-state index contributed by atoms with van der Waals surface area (Å²) < 4.78 is 94.1. The molecule has 0 bridgehead atoms. The number of rotatable bonds is 7. The molecule has 0 radical (unpaired) electrons. The summed E-state index contributed by atoms with van der Waals surface area (Å²) in [6.45, 7) is -0.387. The molecule has 1 atom stereocenters. The molecule has 3 aromatic carbocycles. The first-order chi connectivity index (χ1) is 19.3. The van der Waals surface area contributed by atoms with Crippen LogP contribution in [0.15, 0.2) is 70.0 Å². The second kappa shape index (κ2) is 10.7.